The van der Waals surface area contributed by atoms with Gasteiger partial charge in [0.25, 0.3) is 5.91 Å². The second-order valence-electron chi connectivity index (χ2n) is 9.45. The van der Waals surface area contributed by atoms with Crippen LogP contribution >= 0.6 is 0 Å². The first-order valence-electron chi connectivity index (χ1n) is 11.4. The number of aliphatic imine (C=N–C) groups is 1. The van der Waals surface area contributed by atoms with Gasteiger partial charge in [0.1, 0.15) is 0 Å². The summed E-state index contributed by atoms with van der Waals surface area (Å²) in [5.74, 6) is 0.0703. The molecule has 0 radical (unpaired) electrons. The lowest BCUT2D eigenvalue weighted by Crippen LogP contribution is -2.47. The lowest BCUT2D eigenvalue weighted by Gasteiger charge is -2.25. The van der Waals surface area contributed by atoms with Gasteiger partial charge in [-0.1, -0.05) is 63.0 Å². The van der Waals surface area contributed by atoms with E-state index in [9.17, 15) is 9.59 Å². The summed E-state index contributed by atoms with van der Waals surface area (Å²) in [5, 5.41) is 2.97. The molecule has 0 saturated heterocycles. The minimum Gasteiger partial charge on any atom is -0.327 e. The summed E-state index contributed by atoms with van der Waals surface area (Å²) in [6.07, 6.45) is 12.7. The van der Waals surface area contributed by atoms with Crippen LogP contribution in [0.25, 0.3) is 0 Å². The smallest absolute Gasteiger partial charge is 0.272 e. The number of anilines is 1. The molecule has 1 atom stereocenters. The minimum atomic E-state index is -0.855. The Hall–Kier alpha value is -2.43. The van der Waals surface area contributed by atoms with Gasteiger partial charge in [-0.2, -0.15) is 0 Å². The Morgan fingerprint density at radius 2 is 1.80 bits per heavy atom. The van der Waals surface area contributed by atoms with Gasteiger partial charge in [-0.3, -0.25) is 14.6 Å². The molecule has 1 aliphatic heterocycles. The van der Waals surface area contributed by atoms with Crippen molar-refractivity contribution in [1.29, 1.82) is 0 Å². The van der Waals surface area contributed by atoms with E-state index < -0.39 is 6.17 Å². The molecule has 5 nitrogen and oxygen atoms in total. The predicted octanol–water partition coefficient (Wildman–Crippen LogP) is 4.61. The molecule has 1 N–H and O–H groups in total. The summed E-state index contributed by atoms with van der Waals surface area (Å²) in [6.45, 7) is 2.13. The summed E-state index contributed by atoms with van der Waals surface area (Å²) in [5.41, 5.74) is 2.85. The van der Waals surface area contributed by atoms with E-state index in [1.165, 1.54) is 25.7 Å². The summed E-state index contributed by atoms with van der Waals surface area (Å²) in [7, 11) is 1.79. The molecule has 1 fully saturated rings. The number of nitrogens with zero attached hydrogens (tertiary/aromatic N) is 2. The Labute approximate surface area is 179 Å². The first-order valence-corrected chi connectivity index (χ1v) is 11.4. The first kappa shape index (κ1) is 20.8. The van der Waals surface area contributed by atoms with Gasteiger partial charge in [0.2, 0.25) is 12.1 Å². The highest BCUT2D eigenvalue weighted by molar-refractivity contribution is 6.13. The average Bonchev–Trinajstić information content (AvgIpc) is 2.94. The molecule has 1 heterocycles. The largest absolute Gasteiger partial charge is 0.327 e. The van der Waals surface area contributed by atoms with Crippen LogP contribution < -0.4 is 10.2 Å². The first-order chi connectivity index (χ1) is 14.5. The molecular formula is C25H33N3O2. The third-order valence-corrected chi connectivity index (χ3v) is 6.89. The minimum absolute atomic E-state index is 0.0550. The highest BCUT2D eigenvalue weighted by atomic mass is 16.2. The van der Waals surface area contributed by atoms with Crippen molar-refractivity contribution in [2.24, 2.45) is 16.3 Å². The van der Waals surface area contributed by atoms with Gasteiger partial charge in [0.15, 0.2) is 0 Å². The van der Waals surface area contributed by atoms with Crippen molar-refractivity contribution in [2.75, 3.05) is 11.9 Å². The number of hydrogen-bond acceptors (Lipinski definition) is 3. The molecule has 1 unspecified atom stereocenters. The molecule has 5 heteroatoms. The Morgan fingerprint density at radius 1 is 1.13 bits per heavy atom. The summed E-state index contributed by atoms with van der Waals surface area (Å²) in [6, 6.07) is 8.02. The zero-order chi connectivity index (χ0) is 21.1. The molecule has 2 aliphatic carbocycles. The van der Waals surface area contributed by atoms with Crippen molar-refractivity contribution in [3.05, 3.63) is 42.0 Å². The maximum Gasteiger partial charge on any atom is 0.272 e. The lowest BCUT2D eigenvalue weighted by atomic mass is 9.84. The summed E-state index contributed by atoms with van der Waals surface area (Å²) < 4.78 is 0. The Balaban J connectivity index is 1.63. The quantitative estimate of drug-likeness (QED) is 0.585. The van der Waals surface area contributed by atoms with Crippen LogP contribution in [0.4, 0.5) is 5.69 Å². The van der Waals surface area contributed by atoms with Gasteiger partial charge in [-0.15, -0.1) is 0 Å². The second kappa shape index (κ2) is 8.75. The van der Waals surface area contributed by atoms with E-state index in [-0.39, 0.29) is 17.2 Å². The van der Waals surface area contributed by atoms with Gasteiger partial charge in [-0.05, 0) is 37.2 Å². The third-order valence-electron chi connectivity index (χ3n) is 6.89. The molecule has 30 heavy (non-hydrogen) atoms. The zero-order valence-corrected chi connectivity index (χ0v) is 18.2. The van der Waals surface area contributed by atoms with Crippen LogP contribution in [-0.2, 0) is 9.59 Å². The molecule has 0 aromatic heterocycles. The van der Waals surface area contributed by atoms with Gasteiger partial charge in [0, 0.05) is 24.9 Å². The van der Waals surface area contributed by atoms with Crippen LogP contribution in [-0.4, -0.2) is 30.7 Å². The molecule has 160 valence electrons. The fourth-order valence-corrected chi connectivity index (χ4v) is 5.08. The zero-order valence-electron chi connectivity index (χ0n) is 18.2. The van der Waals surface area contributed by atoms with Crippen molar-refractivity contribution >= 4 is 23.2 Å². The van der Waals surface area contributed by atoms with Crippen LogP contribution in [0, 0.1) is 11.3 Å². The molecular weight excluding hydrogens is 374 g/mol. The number of para-hydroxylation sites is 1. The molecule has 1 aromatic carbocycles. The van der Waals surface area contributed by atoms with Crippen LogP contribution in [0.15, 0.2) is 41.4 Å². The van der Waals surface area contributed by atoms with E-state index >= 15 is 0 Å². The Kier molecular flexibility index (Phi) is 6.07. The van der Waals surface area contributed by atoms with E-state index in [1.807, 2.05) is 18.2 Å². The van der Waals surface area contributed by atoms with Gasteiger partial charge in [0.05, 0.1) is 11.4 Å². The van der Waals surface area contributed by atoms with Crippen molar-refractivity contribution < 1.29 is 9.59 Å². The van der Waals surface area contributed by atoms with Crippen LogP contribution in [0.3, 0.4) is 0 Å². The highest BCUT2D eigenvalue weighted by Crippen LogP contribution is 2.36. The molecule has 0 spiro atoms. The monoisotopic (exact) mass is 407 g/mol. The molecule has 1 saturated carbocycles. The van der Waals surface area contributed by atoms with Crippen LogP contribution in [0.1, 0.15) is 70.3 Å². The molecule has 1 aromatic rings. The fraction of sp³-hybridized carbons (Fsp3) is 0.560. The number of benzodiazepines with no additional fused rings is 1. The third kappa shape index (κ3) is 4.35. The van der Waals surface area contributed by atoms with Gasteiger partial charge >= 0.3 is 0 Å². The van der Waals surface area contributed by atoms with Crippen molar-refractivity contribution in [1.82, 2.24) is 5.32 Å². The second-order valence-corrected chi connectivity index (χ2v) is 9.45. The number of carbonyl (C=O) groups excluding carboxylic acids is 2. The standard InChI is InChI=1S/C25H33N3O2/c1-25(15-9-10-16-25)17-21(29)26-23-24(30)28(2)20-14-8-7-13-19(20)22(27-23)18-11-5-3-4-6-12-18/h7-10,13-14,18,23H,3-6,11-12,15-17H2,1-2H3,(H,26,29). The number of carbonyl (C=O) groups is 2. The number of hydrogen-bond donors (Lipinski definition) is 1. The number of rotatable bonds is 4. The Morgan fingerprint density at radius 3 is 2.50 bits per heavy atom. The number of likely N-dealkylation sites (N-methyl/N-ethyl adjacent to an activating group) is 1. The molecule has 4 rings (SSSR count). The normalized spacial score (nSPS) is 24.1. The lowest BCUT2D eigenvalue weighted by molar-refractivity contribution is -0.128. The number of amides is 2. The van der Waals surface area contributed by atoms with Crippen LogP contribution in [0.2, 0.25) is 0 Å². The van der Waals surface area contributed by atoms with E-state index in [0.29, 0.717) is 12.3 Å². The predicted molar refractivity (Wildman–Crippen MR) is 121 cm³/mol. The maximum atomic E-state index is 13.2. The number of allylic oxidation sites excluding steroid dienone is 2. The SMILES string of the molecule is CN1C(=O)C(NC(=O)CC2(C)CC=CC2)N=C(C2CCCCCC2)c2ccccc21. The topological polar surface area (TPSA) is 61.8 Å². The molecule has 2 amide bonds. The Bertz CT molecular complexity index is 857. The van der Waals surface area contributed by atoms with E-state index in [4.69, 9.17) is 4.99 Å². The van der Waals surface area contributed by atoms with E-state index in [1.54, 1.807) is 11.9 Å². The van der Waals surface area contributed by atoms with Crippen molar-refractivity contribution in [3.8, 4) is 0 Å². The van der Waals surface area contributed by atoms with Gasteiger partial charge < -0.3 is 10.2 Å². The highest BCUT2D eigenvalue weighted by Gasteiger charge is 2.35. The van der Waals surface area contributed by atoms with Crippen molar-refractivity contribution in [3.63, 3.8) is 0 Å². The van der Waals surface area contributed by atoms with E-state index in [0.717, 1.165) is 42.6 Å². The maximum absolute atomic E-state index is 13.2. The van der Waals surface area contributed by atoms with Crippen molar-refractivity contribution in [2.45, 2.75) is 70.9 Å². The number of nitrogens with one attached hydrogen (secondary N) is 1. The molecule has 0 bridgehead atoms. The van der Waals surface area contributed by atoms with Gasteiger partial charge in [-0.25, -0.2) is 0 Å². The summed E-state index contributed by atoms with van der Waals surface area (Å²) >= 11 is 0. The van der Waals surface area contributed by atoms with E-state index in [2.05, 4.69) is 30.5 Å². The number of benzene rings is 1. The number of fused-ring (bicyclic) bond motifs is 1. The molecule has 3 aliphatic rings. The summed E-state index contributed by atoms with van der Waals surface area (Å²) in [4.78, 5) is 32.7. The average molecular weight is 408 g/mol. The fourth-order valence-electron chi connectivity index (χ4n) is 5.08. The van der Waals surface area contributed by atoms with Crippen LogP contribution in [0.5, 0.6) is 0 Å².